The van der Waals surface area contributed by atoms with Gasteiger partial charge in [-0.25, -0.2) is 9.59 Å². The van der Waals surface area contributed by atoms with Gasteiger partial charge < -0.3 is 25.2 Å². The molecule has 1 aliphatic rings. The third kappa shape index (κ3) is 6.60. The molecule has 1 aliphatic carbocycles. The highest BCUT2D eigenvalue weighted by molar-refractivity contribution is 5.84. The monoisotopic (exact) mass is 482 g/mol. The quantitative estimate of drug-likeness (QED) is 0.445. The first-order valence-corrected chi connectivity index (χ1v) is 11.8. The van der Waals surface area contributed by atoms with Crippen LogP contribution in [0.15, 0.2) is 48.5 Å². The van der Waals surface area contributed by atoms with E-state index in [1.54, 1.807) is 13.8 Å². The number of alkyl carbamates (subject to hydrolysis) is 1. The molecule has 0 saturated heterocycles. The first-order chi connectivity index (χ1) is 16.6. The summed E-state index contributed by atoms with van der Waals surface area (Å²) >= 11 is 0. The van der Waals surface area contributed by atoms with Crippen molar-refractivity contribution in [1.82, 2.24) is 10.6 Å². The lowest BCUT2D eigenvalue weighted by atomic mass is 9.98. The van der Waals surface area contributed by atoms with Gasteiger partial charge in [0.25, 0.3) is 0 Å². The first-order valence-electron chi connectivity index (χ1n) is 11.8. The van der Waals surface area contributed by atoms with Crippen molar-refractivity contribution in [3.05, 3.63) is 59.7 Å². The molecule has 2 aromatic rings. The Morgan fingerprint density at radius 3 is 2.09 bits per heavy atom. The van der Waals surface area contributed by atoms with Gasteiger partial charge in [-0.15, -0.1) is 0 Å². The number of amides is 2. The average Bonchev–Trinajstić information content (AvgIpc) is 3.15. The smallest absolute Gasteiger partial charge is 0.407 e. The van der Waals surface area contributed by atoms with Crippen LogP contribution in [-0.2, 0) is 19.1 Å². The van der Waals surface area contributed by atoms with Gasteiger partial charge in [-0.05, 0) is 42.5 Å². The van der Waals surface area contributed by atoms with Crippen LogP contribution in [0.25, 0.3) is 11.1 Å². The van der Waals surface area contributed by atoms with Crippen molar-refractivity contribution in [2.45, 2.75) is 63.6 Å². The zero-order valence-electron chi connectivity index (χ0n) is 20.7. The van der Waals surface area contributed by atoms with Crippen molar-refractivity contribution < 1.29 is 29.0 Å². The molecule has 0 saturated carbocycles. The highest BCUT2D eigenvalue weighted by Crippen LogP contribution is 2.44. The van der Waals surface area contributed by atoms with E-state index in [9.17, 15) is 19.5 Å². The van der Waals surface area contributed by atoms with Crippen LogP contribution in [0.2, 0.25) is 0 Å². The van der Waals surface area contributed by atoms with Crippen LogP contribution in [-0.4, -0.2) is 54.5 Å². The second-order valence-corrected chi connectivity index (χ2v) is 9.41. The molecule has 2 atom stereocenters. The molecule has 1 unspecified atom stereocenters. The maximum atomic E-state index is 12.6. The van der Waals surface area contributed by atoms with Gasteiger partial charge in [-0.2, -0.15) is 0 Å². The zero-order chi connectivity index (χ0) is 25.6. The Balaban J connectivity index is 1.55. The lowest BCUT2D eigenvalue weighted by molar-refractivity contribution is -0.144. The SMILES string of the molecule is CC[C@@H](CC(=O)NC(CC(C)(C)OC)C(=O)O)NC(=O)OCC1c2ccccc2-c2ccccc21. The summed E-state index contributed by atoms with van der Waals surface area (Å²) in [4.78, 5) is 36.7. The molecule has 2 aromatic carbocycles. The molecular weight excluding hydrogens is 448 g/mol. The van der Waals surface area contributed by atoms with Crippen molar-refractivity contribution >= 4 is 18.0 Å². The molecule has 35 heavy (non-hydrogen) atoms. The predicted octanol–water partition coefficient (Wildman–Crippen LogP) is 4.08. The highest BCUT2D eigenvalue weighted by Gasteiger charge is 2.31. The molecule has 8 nitrogen and oxygen atoms in total. The van der Waals surface area contributed by atoms with Crippen LogP contribution >= 0.6 is 0 Å². The van der Waals surface area contributed by atoms with E-state index in [0.717, 1.165) is 22.3 Å². The van der Waals surface area contributed by atoms with Gasteiger partial charge >= 0.3 is 12.1 Å². The van der Waals surface area contributed by atoms with Gasteiger partial charge in [0.05, 0.1) is 5.60 Å². The molecule has 188 valence electrons. The van der Waals surface area contributed by atoms with Gasteiger partial charge in [-0.3, -0.25) is 4.79 Å². The summed E-state index contributed by atoms with van der Waals surface area (Å²) in [7, 11) is 1.49. The number of hydrogen-bond donors (Lipinski definition) is 3. The summed E-state index contributed by atoms with van der Waals surface area (Å²) < 4.78 is 10.8. The van der Waals surface area contributed by atoms with Crippen molar-refractivity contribution in [2.75, 3.05) is 13.7 Å². The molecule has 3 N–H and O–H groups in total. The number of nitrogens with one attached hydrogen (secondary N) is 2. The molecule has 2 amide bonds. The second kappa shape index (κ2) is 11.4. The van der Waals surface area contributed by atoms with Crippen molar-refractivity contribution in [3.63, 3.8) is 0 Å². The number of methoxy groups -OCH3 is 1. The van der Waals surface area contributed by atoms with Gasteiger partial charge in [0.1, 0.15) is 12.6 Å². The molecule has 0 bridgehead atoms. The Labute approximate surface area is 206 Å². The lowest BCUT2D eigenvalue weighted by Crippen LogP contribution is -2.47. The normalized spacial score (nSPS) is 14.4. The summed E-state index contributed by atoms with van der Waals surface area (Å²) in [5.74, 6) is -1.66. The number of carbonyl (C=O) groups is 3. The van der Waals surface area contributed by atoms with Crippen molar-refractivity contribution in [2.24, 2.45) is 0 Å². The van der Waals surface area contributed by atoms with Crippen LogP contribution in [0.1, 0.15) is 57.1 Å². The maximum Gasteiger partial charge on any atom is 0.407 e. The number of rotatable bonds is 11. The number of benzene rings is 2. The van der Waals surface area contributed by atoms with E-state index >= 15 is 0 Å². The lowest BCUT2D eigenvalue weighted by Gasteiger charge is -2.27. The maximum absolute atomic E-state index is 12.6. The Morgan fingerprint density at radius 1 is 1.00 bits per heavy atom. The van der Waals surface area contributed by atoms with E-state index in [2.05, 4.69) is 22.8 Å². The minimum atomic E-state index is -1.14. The van der Waals surface area contributed by atoms with E-state index in [-0.39, 0.29) is 25.4 Å². The standard InChI is InChI=1S/C27H34N2O6/c1-5-17(14-24(30)29-23(25(31)32)15-27(2,3)34-4)28-26(33)35-16-22-20-12-8-6-10-18(20)19-11-7-9-13-21(19)22/h6-13,17,22-23H,5,14-16H2,1-4H3,(H,28,33)(H,29,30)(H,31,32)/t17-,23?/m0/s1. The number of carboxylic acids is 1. The van der Waals surface area contributed by atoms with Crippen molar-refractivity contribution in [3.8, 4) is 11.1 Å². The average molecular weight is 483 g/mol. The Bertz CT molecular complexity index is 1020. The minimum Gasteiger partial charge on any atom is -0.480 e. The molecule has 3 rings (SSSR count). The molecule has 0 spiro atoms. The predicted molar refractivity (Wildman–Crippen MR) is 132 cm³/mol. The van der Waals surface area contributed by atoms with Crippen molar-refractivity contribution in [1.29, 1.82) is 0 Å². The fraction of sp³-hybridized carbons (Fsp3) is 0.444. The summed E-state index contributed by atoms with van der Waals surface area (Å²) in [6, 6.07) is 14.6. The molecule has 0 aliphatic heterocycles. The zero-order valence-corrected chi connectivity index (χ0v) is 20.7. The number of fused-ring (bicyclic) bond motifs is 3. The Morgan fingerprint density at radius 2 is 1.57 bits per heavy atom. The topological polar surface area (TPSA) is 114 Å². The second-order valence-electron chi connectivity index (χ2n) is 9.41. The van der Waals surface area contributed by atoms with E-state index < -0.39 is 35.7 Å². The van der Waals surface area contributed by atoms with Gasteiger partial charge in [0.2, 0.25) is 5.91 Å². The molecule has 0 radical (unpaired) electrons. The minimum absolute atomic E-state index is 0.0577. The van der Waals surface area contributed by atoms with Crippen LogP contribution in [0, 0.1) is 0 Å². The largest absolute Gasteiger partial charge is 0.480 e. The van der Waals surface area contributed by atoms with Gasteiger partial charge in [-0.1, -0.05) is 55.5 Å². The van der Waals surface area contributed by atoms with Crippen LogP contribution < -0.4 is 10.6 Å². The van der Waals surface area contributed by atoms with E-state index in [1.807, 2.05) is 43.3 Å². The Kier molecular flexibility index (Phi) is 8.51. The van der Waals surface area contributed by atoms with Crippen LogP contribution in [0.5, 0.6) is 0 Å². The summed E-state index contributed by atoms with van der Waals surface area (Å²) in [6.07, 6.45) is -0.0698. The number of aliphatic carboxylic acids is 1. The fourth-order valence-corrected chi connectivity index (χ4v) is 4.36. The Hall–Kier alpha value is -3.39. The third-order valence-electron chi connectivity index (χ3n) is 6.47. The molecule has 0 aromatic heterocycles. The van der Waals surface area contributed by atoms with Crippen LogP contribution in [0.4, 0.5) is 4.79 Å². The first kappa shape index (κ1) is 26.2. The molecule has 0 fully saturated rings. The third-order valence-corrected chi connectivity index (χ3v) is 6.47. The highest BCUT2D eigenvalue weighted by atomic mass is 16.5. The number of hydrogen-bond acceptors (Lipinski definition) is 5. The van der Waals surface area contributed by atoms with E-state index in [1.165, 1.54) is 7.11 Å². The van der Waals surface area contributed by atoms with Crippen LogP contribution in [0.3, 0.4) is 0 Å². The molecular formula is C27H34N2O6. The summed E-state index contributed by atoms with van der Waals surface area (Å²) in [5.41, 5.74) is 3.81. The van der Waals surface area contributed by atoms with E-state index in [0.29, 0.717) is 6.42 Å². The fourth-order valence-electron chi connectivity index (χ4n) is 4.36. The van der Waals surface area contributed by atoms with Gasteiger partial charge in [0.15, 0.2) is 0 Å². The van der Waals surface area contributed by atoms with E-state index in [4.69, 9.17) is 9.47 Å². The number of carboxylic acid groups (broad SMARTS) is 1. The number of ether oxygens (including phenoxy) is 2. The summed E-state index contributed by atoms with van der Waals surface area (Å²) in [6.45, 7) is 5.52. The molecule has 0 heterocycles. The molecule has 8 heteroatoms. The van der Waals surface area contributed by atoms with Gasteiger partial charge in [0, 0.05) is 31.9 Å². The number of carbonyl (C=O) groups excluding carboxylic acids is 2. The summed E-state index contributed by atoms with van der Waals surface area (Å²) in [5, 5.41) is 14.7.